The van der Waals surface area contributed by atoms with Gasteiger partial charge >= 0.3 is 0 Å². The molecule has 2 N–H and O–H groups in total. The summed E-state index contributed by atoms with van der Waals surface area (Å²) in [6.07, 6.45) is 1.40. The van der Waals surface area contributed by atoms with Crippen LogP contribution >= 0.6 is 0 Å². The SMILES string of the molecule is [3H]c1cc(OC)c2c3c1C[C@H]1N(C)CC[C@@]34[C@@H](O2)[C@@H](O)CC[C@@]14O. The van der Waals surface area contributed by atoms with Gasteiger partial charge in [-0.25, -0.2) is 0 Å². The number of piperidine rings is 1. The number of benzene rings is 1. The highest BCUT2D eigenvalue weighted by Crippen LogP contribution is 2.65. The molecule has 2 aliphatic heterocycles. The van der Waals surface area contributed by atoms with Gasteiger partial charge in [0.15, 0.2) is 11.5 Å². The number of aliphatic hydroxyl groups excluding tert-OH is 1. The number of methoxy groups -OCH3 is 1. The number of likely N-dealkylation sites (tertiary alicyclic amines) is 1. The zero-order valence-corrected chi connectivity index (χ0v) is 13.5. The van der Waals surface area contributed by atoms with E-state index in [0.717, 1.165) is 24.1 Å². The maximum Gasteiger partial charge on any atom is 0.166 e. The molecule has 0 aromatic heterocycles. The van der Waals surface area contributed by atoms with Gasteiger partial charge in [0.25, 0.3) is 0 Å². The summed E-state index contributed by atoms with van der Waals surface area (Å²) in [5.74, 6) is 1.17. The minimum absolute atomic E-state index is 0.0409. The molecule has 2 fully saturated rings. The molecule has 1 saturated heterocycles. The van der Waals surface area contributed by atoms with E-state index in [1.165, 1.54) is 0 Å². The molecule has 0 amide bonds. The fourth-order valence-corrected chi connectivity index (χ4v) is 5.77. The maximum absolute atomic E-state index is 11.8. The predicted molar refractivity (Wildman–Crippen MR) is 84.0 cm³/mol. The number of rotatable bonds is 1. The summed E-state index contributed by atoms with van der Waals surface area (Å²) in [5.41, 5.74) is 0.321. The zero-order valence-electron chi connectivity index (χ0n) is 14.5. The molecule has 4 aliphatic rings. The molecule has 5 rings (SSSR count). The van der Waals surface area contributed by atoms with Crippen molar-refractivity contribution in [2.45, 2.75) is 54.9 Å². The Balaban J connectivity index is 1.87. The highest BCUT2D eigenvalue weighted by atomic mass is 16.5. The molecule has 0 unspecified atom stereocenters. The van der Waals surface area contributed by atoms with Gasteiger partial charge in [0, 0.05) is 11.6 Å². The molecule has 1 aromatic rings. The van der Waals surface area contributed by atoms with Gasteiger partial charge in [0.05, 0.1) is 25.6 Å². The van der Waals surface area contributed by atoms with E-state index in [2.05, 4.69) is 4.90 Å². The molecule has 1 aromatic carbocycles. The van der Waals surface area contributed by atoms with Gasteiger partial charge in [0.1, 0.15) is 6.10 Å². The van der Waals surface area contributed by atoms with Gasteiger partial charge in [-0.2, -0.15) is 0 Å². The second-order valence-corrected chi connectivity index (χ2v) is 7.53. The van der Waals surface area contributed by atoms with Crippen LogP contribution in [0.5, 0.6) is 11.5 Å². The molecule has 2 heterocycles. The van der Waals surface area contributed by atoms with E-state index < -0.39 is 23.2 Å². The first-order valence-corrected chi connectivity index (χ1v) is 8.42. The van der Waals surface area contributed by atoms with E-state index in [4.69, 9.17) is 10.8 Å². The monoisotopic (exact) mass is 319 g/mol. The van der Waals surface area contributed by atoms with Crippen LogP contribution in [0.4, 0.5) is 0 Å². The topological polar surface area (TPSA) is 62.2 Å². The highest BCUT2D eigenvalue weighted by molar-refractivity contribution is 5.62. The molecule has 5 heteroatoms. The van der Waals surface area contributed by atoms with E-state index in [9.17, 15) is 10.2 Å². The third kappa shape index (κ3) is 1.37. The summed E-state index contributed by atoms with van der Waals surface area (Å²) in [5, 5.41) is 22.5. The molecule has 2 bridgehead atoms. The molecule has 5 atom stereocenters. The van der Waals surface area contributed by atoms with Crippen LogP contribution in [-0.2, 0) is 11.8 Å². The number of nitrogens with zero attached hydrogens (tertiary/aromatic N) is 1. The van der Waals surface area contributed by atoms with Crippen molar-refractivity contribution in [1.82, 2.24) is 4.90 Å². The molecular formula is C18H23NO4. The third-order valence-electron chi connectivity index (χ3n) is 6.81. The van der Waals surface area contributed by atoms with Gasteiger partial charge in [-0.15, -0.1) is 0 Å². The molecule has 5 nitrogen and oxygen atoms in total. The molecule has 124 valence electrons. The molecule has 1 spiro atoms. The first kappa shape index (κ1) is 13.0. The van der Waals surface area contributed by atoms with Crippen LogP contribution in [0.1, 0.15) is 31.8 Å². The lowest BCUT2D eigenvalue weighted by atomic mass is 9.49. The molecule has 2 aliphatic carbocycles. The van der Waals surface area contributed by atoms with Crippen LogP contribution in [-0.4, -0.2) is 59.7 Å². The lowest BCUT2D eigenvalue weighted by molar-refractivity contribution is -0.204. The second-order valence-electron chi connectivity index (χ2n) is 7.53. The van der Waals surface area contributed by atoms with Crippen LogP contribution in [0.15, 0.2) is 12.1 Å². The summed E-state index contributed by atoms with van der Waals surface area (Å²) in [4.78, 5) is 2.21. The van der Waals surface area contributed by atoms with E-state index >= 15 is 0 Å². The zero-order chi connectivity index (χ0) is 16.9. The predicted octanol–water partition coefficient (Wildman–Crippen LogP) is 0.840. The average molecular weight is 319 g/mol. The summed E-state index contributed by atoms with van der Waals surface area (Å²) in [6.45, 7) is 0.850. The van der Waals surface area contributed by atoms with Crippen molar-refractivity contribution in [3.8, 4) is 11.5 Å². The molecule has 23 heavy (non-hydrogen) atoms. The van der Waals surface area contributed by atoms with Crippen LogP contribution in [0.25, 0.3) is 0 Å². The fourth-order valence-electron chi connectivity index (χ4n) is 5.77. The van der Waals surface area contributed by atoms with Crippen molar-refractivity contribution in [2.24, 2.45) is 0 Å². The highest BCUT2D eigenvalue weighted by Gasteiger charge is 2.72. The van der Waals surface area contributed by atoms with Crippen molar-refractivity contribution in [3.05, 3.63) is 23.2 Å². The van der Waals surface area contributed by atoms with Crippen LogP contribution in [0.2, 0.25) is 0 Å². The quantitative estimate of drug-likeness (QED) is 0.803. The Morgan fingerprint density at radius 2 is 2.30 bits per heavy atom. The van der Waals surface area contributed by atoms with Crippen LogP contribution in [0.3, 0.4) is 0 Å². The lowest BCUT2D eigenvalue weighted by Gasteiger charge is -2.63. The van der Waals surface area contributed by atoms with Crippen LogP contribution < -0.4 is 9.47 Å². The Hall–Kier alpha value is -1.30. The second kappa shape index (κ2) is 4.21. The number of aliphatic hydroxyl groups is 2. The molecule has 1 saturated carbocycles. The van der Waals surface area contributed by atoms with Crippen molar-refractivity contribution in [3.63, 3.8) is 0 Å². The van der Waals surface area contributed by atoms with Gasteiger partial charge in [-0.05, 0) is 50.9 Å². The minimum Gasteiger partial charge on any atom is -0.493 e. The van der Waals surface area contributed by atoms with Crippen LogP contribution in [0, 0.1) is 0 Å². The van der Waals surface area contributed by atoms with E-state index in [1.54, 1.807) is 13.2 Å². The lowest BCUT2D eigenvalue weighted by Crippen LogP contribution is -2.76. The van der Waals surface area contributed by atoms with Gasteiger partial charge < -0.3 is 24.6 Å². The summed E-state index contributed by atoms with van der Waals surface area (Å²) in [6, 6.07) is 2.10. The Labute approximate surface area is 137 Å². The minimum atomic E-state index is -0.930. The van der Waals surface area contributed by atoms with Gasteiger partial charge in [-0.3, -0.25) is 0 Å². The van der Waals surface area contributed by atoms with Crippen molar-refractivity contribution < 1.29 is 21.1 Å². The Morgan fingerprint density at radius 3 is 3.09 bits per heavy atom. The number of hydrogen-bond donors (Lipinski definition) is 2. The van der Waals surface area contributed by atoms with Crippen molar-refractivity contribution in [1.29, 1.82) is 0 Å². The van der Waals surface area contributed by atoms with Crippen molar-refractivity contribution >= 4 is 0 Å². The molecular weight excluding hydrogens is 294 g/mol. The van der Waals surface area contributed by atoms with E-state index in [1.807, 2.05) is 7.05 Å². The van der Waals surface area contributed by atoms with E-state index in [-0.39, 0.29) is 6.04 Å². The number of likely N-dealkylation sites (N-methyl/N-ethyl adjacent to an activating group) is 1. The standard InChI is InChI=1S/C18H23NO4/c1-19-8-7-17-14-10-3-4-12(22-2)15(14)23-16(17)11(20)5-6-18(17,21)13(19)9-10/h3-4,11,13,16,20-21H,5-9H2,1-2H3/t11-,13+,16-,17-,18+/m0/s1/i3T. The third-order valence-corrected chi connectivity index (χ3v) is 6.81. The summed E-state index contributed by atoms with van der Waals surface area (Å²) >= 11 is 0. The normalized spacial score (nSPS) is 44.3. The first-order chi connectivity index (χ1) is 11.4. The first-order valence-electron chi connectivity index (χ1n) is 8.92. The maximum atomic E-state index is 11.8. The fraction of sp³-hybridized carbons (Fsp3) is 0.667. The largest absolute Gasteiger partial charge is 0.493 e. The average Bonchev–Trinajstić information content (AvgIpc) is 2.90. The summed E-state index contributed by atoms with van der Waals surface area (Å²) < 4.78 is 20.2. The Morgan fingerprint density at radius 1 is 1.48 bits per heavy atom. The van der Waals surface area contributed by atoms with E-state index in [0.29, 0.717) is 36.8 Å². The Bertz CT molecular complexity index is 740. The Kier molecular flexibility index (Phi) is 2.39. The van der Waals surface area contributed by atoms with Gasteiger partial charge in [0.2, 0.25) is 0 Å². The van der Waals surface area contributed by atoms with Gasteiger partial charge in [-0.1, -0.05) is 6.04 Å². The van der Waals surface area contributed by atoms with Crippen molar-refractivity contribution in [2.75, 3.05) is 20.7 Å². The number of ether oxygens (including phenoxy) is 2. The number of hydrogen-bond acceptors (Lipinski definition) is 5. The molecule has 0 radical (unpaired) electrons. The smallest absolute Gasteiger partial charge is 0.166 e. The summed E-state index contributed by atoms with van der Waals surface area (Å²) in [7, 11) is 3.62.